The van der Waals surface area contributed by atoms with E-state index in [1.807, 2.05) is 0 Å². The van der Waals surface area contributed by atoms with E-state index in [9.17, 15) is 4.79 Å². The van der Waals surface area contributed by atoms with Crippen LogP contribution in [0, 0.1) is 0 Å². The van der Waals surface area contributed by atoms with Crippen LogP contribution in [0.15, 0.2) is 18.3 Å². The maximum absolute atomic E-state index is 12.2. The van der Waals surface area contributed by atoms with Crippen LogP contribution in [0.2, 0.25) is 0 Å². The van der Waals surface area contributed by atoms with Gasteiger partial charge in [0, 0.05) is 10.9 Å². The highest BCUT2D eigenvalue weighted by atomic mass is 32.1. The minimum atomic E-state index is -0.0407. The Bertz CT molecular complexity index is 534. The smallest absolute Gasteiger partial charge is 0.266 e. The lowest BCUT2D eigenvalue weighted by atomic mass is 10.00. The van der Waals surface area contributed by atoms with Crippen molar-refractivity contribution < 1.29 is 4.79 Å². The van der Waals surface area contributed by atoms with Crippen LogP contribution in [0.1, 0.15) is 45.8 Å². The minimum Gasteiger partial charge on any atom is -0.306 e. The Morgan fingerprint density at radius 2 is 2.11 bits per heavy atom. The topological polar surface area (TPSA) is 57.8 Å². The predicted octanol–water partition coefficient (Wildman–Crippen LogP) is 3.38. The molecule has 2 aromatic rings. The second-order valence-electron chi connectivity index (χ2n) is 4.90. The van der Waals surface area contributed by atoms with Gasteiger partial charge in [0.1, 0.15) is 5.82 Å². The summed E-state index contributed by atoms with van der Waals surface area (Å²) in [6.45, 7) is 0. The number of carbonyl (C=O) groups is 1. The van der Waals surface area contributed by atoms with E-state index in [1.165, 1.54) is 36.1 Å². The number of rotatable bonds is 2. The monoisotopic (exact) mass is 275 g/mol. The summed E-state index contributed by atoms with van der Waals surface area (Å²) in [5, 5.41) is 9.40. The molecule has 0 saturated heterocycles. The number of anilines is 1. The van der Waals surface area contributed by atoms with Gasteiger partial charge in [0.15, 0.2) is 0 Å². The number of hydrogen-bond donors (Lipinski definition) is 2. The van der Waals surface area contributed by atoms with Gasteiger partial charge >= 0.3 is 0 Å². The maximum Gasteiger partial charge on any atom is 0.266 e. The zero-order valence-corrected chi connectivity index (χ0v) is 11.6. The number of carbonyl (C=O) groups excluding carboxylic acids is 1. The first kappa shape index (κ1) is 12.4. The standard InChI is InChI=1S/C14H17N3OS/c18-14(16-13-7-8-15-17-13)12-9-10-5-3-1-2-4-6-11(10)19-12/h7-9H,1-6H2,(H2,15,16,17,18). The van der Waals surface area contributed by atoms with Gasteiger partial charge in [0.2, 0.25) is 0 Å². The van der Waals surface area contributed by atoms with Crippen molar-refractivity contribution in [2.45, 2.75) is 38.5 Å². The molecule has 0 unspecified atom stereocenters. The molecular weight excluding hydrogens is 258 g/mol. The van der Waals surface area contributed by atoms with E-state index in [2.05, 4.69) is 21.6 Å². The van der Waals surface area contributed by atoms with Crippen molar-refractivity contribution in [1.29, 1.82) is 0 Å². The molecule has 100 valence electrons. The minimum absolute atomic E-state index is 0.0407. The maximum atomic E-state index is 12.2. The molecule has 0 spiro atoms. The van der Waals surface area contributed by atoms with E-state index in [-0.39, 0.29) is 5.91 Å². The Balaban J connectivity index is 1.77. The number of fused-ring (bicyclic) bond motifs is 1. The number of nitrogens with zero attached hydrogens (tertiary/aromatic N) is 1. The Morgan fingerprint density at radius 1 is 1.26 bits per heavy atom. The highest BCUT2D eigenvalue weighted by Gasteiger charge is 2.16. The molecule has 1 amide bonds. The molecular formula is C14H17N3OS. The highest BCUT2D eigenvalue weighted by Crippen LogP contribution is 2.28. The van der Waals surface area contributed by atoms with Crippen molar-refractivity contribution in [2.75, 3.05) is 5.32 Å². The molecule has 0 aromatic carbocycles. The molecule has 2 aromatic heterocycles. The van der Waals surface area contributed by atoms with Crippen LogP contribution in [-0.4, -0.2) is 16.1 Å². The second kappa shape index (κ2) is 5.57. The van der Waals surface area contributed by atoms with Crippen LogP contribution in [0.5, 0.6) is 0 Å². The number of amides is 1. The van der Waals surface area contributed by atoms with Crippen molar-refractivity contribution in [1.82, 2.24) is 10.2 Å². The molecule has 0 saturated carbocycles. The zero-order valence-electron chi connectivity index (χ0n) is 10.7. The molecule has 3 rings (SSSR count). The van der Waals surface area contributed by atoms with Crippen LogP contribution in [0.3, 0.4) is 0 Å². The van der Waals surface area contributed by atoms with Gasteiger partial charge in [0.25, 0.3) is 5.91 Å². The quantitative estimate of drug-likeness (QED) is 0.882. The van der Waals surface area contributed by atoms with E-state index in [4.69, 9.17) is 0 Å². The fraction of sp³-hybridized carbons (Fsp3) is 0.429. The Kier molecular flexibility index (Phi) is 3.64. The van der Waals surface area contributed by atoms with Crippen molar-refractivity contribution in [3.63, 3.8) is 0 Å². The molecule has 2 N–H and O–H groups in total. The van der Waals surface area contributed by atoms with Crippen molar-refractivity contribution in [3.8, 4) is 0 Å². The van der Waals surface area contributed by atoms with Crippen molar-refractivity contribution >= 4 is 23.1 Å². The molecule has 19 heavy (non-hydrogen) atoms. The molecule has 0 bridgehead atoms. The molecule has 5 heteroatoms. The first-order valence-electron chi connectivity index (χ1n) is 6.75. The molecule has 1 aliphatic carbocycles. The highest BCUT2D eigenvalue weighted by molar-refractivity contribution is 7.14. The first-order valence-corrected chi connectivity index (χ1v) is 7.57. The predicted molar refractivity (Wildman–Crippen MR) is 76.7 cm³/mol. The lowest BCUT2D eigenvalue weighted by Gasteiger charge is -2.07. The SMILES string of the molecule is O=C(Nc1ccn[nH]1)c1cc2c(s1)CCCCCC2. The van der Waals surface area contributed by atoms with Gasteiger partial charge in [-0.15, -0.1) is 11.3 Å². The summed E-state index contributed by atoms with van der Waals surface area (Å²) in [4.78, 5) is 14.4. The summed E-state index contributed by atoms with van der Waals surface area (Å²) >= 11 is 1.64. The summed E-state index contributed by atoms with van der Waals surface area (Å²) in [7, 11) is 0. The van der Waals surface area contributed by atoms with Crippen LogP contribution in [0.25, 0.3) is 0 Å². The lowest BCUT2D eigenvalue weighted by molar-refractivity contribution is 0.103. The normalized spacial score (nSPS) is 15.4. The number of H-pyrrole nitrogens is 1. The van der Waals surface area contributed by atoms with Crippen LogP contribution in [-0.2, 0) is 12.8 Å². The summed E-state index contributed by atoms with van der Waals surface area (Å²) < 4.78 is 0. The summed E-state index contributed by atoms with van der Waals surface area (Å²) in [5.41, 5.74) is 1.37. The van der Waals surface area contributed by atoms with Gasteiger partial charge in [-0.2, -0.15) is 5.10 Å². The molecule has 0 aliphatic heterocycles. The number of aryl methyl sites for hydroxylation is 2. The Hall–Kier alpha value is -1.62. The largest absolute Gasteiger partial charge is 0.306 e. The van der Waals surface area contributed by atoms with E-state index >= 15 is 0 Å². The average Bonchev–Trinajstić information content (AvgIpc) is 2.99. The fourth-order valence-electron chi connectivity index (χ4n) is 2.47. The molecule has 4 nitrogen and oxygen atoms in total. The average molecular weight is 275 g/mol. The van der Waals surface area contributed by atoms with E-state index in [0.29, 0.717) is 5.82 Å². The van der Waals surface area contributed by atoms with Gasteiger partial charge in [0.05, 0.1) is 11.1 Å². The summed E-state index contributed by atoms with van der Waals surface area (Å²) in [6, 6.07) is 3.82. The van der Waals surface area contributed by atoms with Crippen LogP contribution in [0.4, 0.5) is 5.82 Å². The molecule has 0 radical (unpaired) electrons. The third-order valence-electron chi connectivity index (χ3n) is 3.47. The van der Waals surface area contributed by atoms with E-state index in [0.717, 1.165) is 17.7 Å². The first-order chi connectivity index (χ1) is 9.33. The Morgan fingerprint density at radius 3 is 2.89 bits per heavy atom. The van der Waals surface area contributed by atoms with Gasteiger partial charge in [-0.05, 0) is 37.3 Å². The number of nitrogens with one attached hydrogen (secondary N) is 2. The third-order valence-corrected chi connectivity index (χ3v) is 4.71. The van der Waals surface area contributed by atoms with Gasteiger partial charge < -0.3 is 5.32 Å². The van der Waals surface area contributed by atoms with E-state index < -0.39 is 0 Å². The Labute approximate surface area is 116 Å². The molecule has 0 fully saturated rings. The van der Waals surface area contributed by atoms with Gasteiger partial charge in [-0.25, -0.2) is 0 Å². The number of aromatic amines is 1. The summed E-state index contributed by atoms with van der Waals surface area (Å²) in [5.74, 6) is 0.604. The van der Waals surface area contributed by atoms with Gasteiger partial charge in [-0.1, -0.05) is 12.8 Å². The number of aromatic nitrogens is 2. The molecule has 0 atom stereocenters. The van der Waals surface area contributed by atoms with Crippen LogP contribution >= 0.6 is 11.3 Å². The third kappa shape index (κ3) is 2.87. The number of thiophene rings is 1. The fourth-order valence-corrected chi connectivity index (χ4v) is 3.61. The van der Waals surface area contributed by atoms with Crippen LogP contribution < -0.4 is 5.32 Å². The van der Waals surface area contributed by atoms with Gasteiger partial charge in [-0.3, -0.25) is 9.89 Å². The second-order valence-corrected chi connectivity index (χ2v) is 6.03. The van der Waals surface area contributed by atoms with Crippen molar-refractivity contribution in [2.24, 2.45) is 0 Å². The number of hydrogen-bond acceptors (Lipinski definition) is 3. The zero-order chi connectivity index (χ0) is 13.1. The molecule has 1 aliphatic rings. The summed E-state index contributed by atoms with van der Waals surface area (Å²) in [6.07, 6.45) is 8.97. The van der Waals surface area contributed by atoms with E-state index in [1.54, 1.807) is 23.6 Å². The van der Waals surface area contributed by atoms with Crippen molar-refractivity contribution in [3.05, 3.63) is 33.6 Å². The lowest BCUT2D eigenvalue weighted by Crippen LogP contribution is -2.10. The molecule has 2 heterocycles.